The lowest BCUT2D eigenvalue weighted by atomic mass is 9.80. The fourth-order valence-corrected chi connectivity index (χ4v) is 2.40. The zero-order chi connectivity index (χ0) is 9.26. The van der Waals surface area contributed by atoms with E-state index in [1.165, 1.54) is 19.3 Å². The Labute approximate surface area is 81.0 Å². The van der Waals surface area contributed by atoms with Crippen LogP contribution in [0.3, 0.4) is 0 Å². The van der Waals surface area contributed by atoms with Gasteiger partial charge in [-0.25, -0.2) is 0 Å². The van der Waals surface area contributed by atoms with E-state index in [2.05, 4.69) is 19.2 Å². The molecule has 13 heavy (non-hydrogen) atoms. The van der Waals surface area contributed by atoms with E-state index >= 15 is 0 Å². The van der Waals surface area contributed by atoms with E-state index in [9.17, 15) is 0 Å². The summed E-state index contributed by atoms with van der Waals surface area (Å²) in [5.74, 6) is 1.77. The molecule has 1 saturated heterocycles. The van der Waals surface area contributed by atoms with E-state index in [0.717, 1.165) is 31.1 Å². The highest BCUT2D eigenvalue weighted by atomic mass is 16.5. The Morgan fingerprint density at radius 1 is 1.15 bits per heavy atom. The molecule has 2 aliphatic rings. The van der Waals surface area contributed by atoms with Gasteiger partial charge in [0.15, 0.2) is 0 Å². The molecule has 0 aromatic rings. The van der Waals surface area contributed by atoms with Crippen molar-refractivity contribution in [3.63, 3.8) is 0 Å². The third-order valence-corrected chi connectivity index (χ3v) is 3.55. The average Bonchev–Trinajstić information content (AvgIpc) is 2.03. The third-order valence-electron chi connectivity index (χ3n) is 3.55. The zero-order valence-electron chi connectivity index (χ0n) is 8.75. The average molecular weight is 183 g/mol. The molecular weight excluding hydrogens is 162 g/mol. The monoisotopic (exact) mass is 183 g/mol. The minimum Gasteiger partial charge on any atom is -0.378 e. The topological polar surface area (TPSA) is 21.3 Å². The van der Waals surface area contributed by atoms with Crippen LogP contribution in [-0.2, 0) is 4.74 Å². The van der Waals surface area contributed by atoms with Crippen molar-refractivity contribution in [2.75, 3.05) is 13.2 Å². The second-order valence-corrected chi connectivity index (χ2v) is 4.90. The summed E-state index contributed by atoms with van der Waals surface area (Å²) in [5, 5.41) is 3.71. The Morgan fingerprint density at radius 2 is 1.92 bits per heavy atom. The van der Waals surface area contributed by atoms with Crippen molar-refractivity contribution in [2.45, 2.75) is 45.2 Å². The van der Waals surface area contributed by atoms with Gasteiger partial charge in [-0.1, -0.05) is 20.3 Å². The molecule has 1 N–H and O–H groups in total. The van der Waals surface area contributed by atoms with Crippen LogP contribution >= 0.6 is 0 Å². The van der Waals surface area contributed by atoms with E-state index in [1.807, 2.05) is 0 Å². The van der Waals surface area contributed by atoms with Gasteiger partial charge in [0, 0.05) is 6.04 Å². The molecule has 0 spiro atoms. The lowest BCUT2D eigenvalue weighted by molar-refractivity contribution is -0.0166. The van der Waals surface area contributed by atoms with Gasteiger partial charge in [0.2, 0.25) is 0 Å². The molecule has 2 nitrogen and oxygen atoms in total. The lowest BCUT2D eigenvalue weighted by Gasteiger charge is -2.38. The quantitative estimate of drug-likeness (QED) is 0.705. The highest BCUT2D eigenvalue weighted by molar-refractivity contribution is 4.86. The second-order valence-electron chi connectivity index (χ2n) is 4.90. The van der Waals surface area contributed by atoms with Crippen molar-refractivity contribution in [3.8, 4) is 0 Å². The molecule has 1 saturated carbocycles. The van der Waals surface area contributed by atoms with E-state index in [-0.39, 0.29) is 0 Å². The van der Waals surface area contributed by atoms with Crippen molar-refractivity contribution in [2.24, 2.45) is 11.8 Å². The summed E-state index contributed by atoms with van der Waals surface area (Å²) in [7, 11) is 0. The molecule has 2 rings (SSSR count). The number of nitrogens with one attached hydrogen (secondary N) is 1. The first-order valence-electron chi connectivity index (χ1n) is 5.59. The number of hydrogen-bond donors (Lipinski definition) is 1. The van der Waals surface area contributed by atoms with E-state index < -0.39 is 0 Å². The molecule has 3 atom stereocenters. The number of hydrogen-bond acceptors (Lipinski definition) is 2. The molecule has 0 amide bonds. The number of ether oxygens (including phenoxy) is 1. The molecule has 0 aromatic carbocycles. The minimum atomic E-state index is 0.651. The maximum Gasteiger partial charge on any atom is 0.0643 e. The summed E-state index contributed by atoms with van der Waals surface area (Å²) in [6.07, 6.45) is 4.17. The Kier molecular flexibility index (Phi) is 2.89. The van der Waals surface area contributed by atoms with Crippen molar-refractivity contribution in [1.29, 1.82) is 0 Å². The lowest BCUT2D eigenvalue weighted by Crippen LogP contribution is -2.53. The Balaban J connectivity index is 1.80. The van der Waals surface area contributed by atoms with Crippen LogP contribution in [0.15, 0.2) is 0 Å². The van der Waals surface area contributed by atoms with Gasteiger partial charge in [0.1, 0.15) is 0 Å². The van der Waals surface area contributed by atoms with E-state index in [0.29, 0.717) is 6.04 Å². The second kappa shape index (κ2) is 3.97. The summed E-state index contributed by atoms with van der Waals surface area (Å²) in [6.45, 7) is 6.61. The van der Waals surface area contributed by atoms with Gasteiger partial charge < -0.3 is 10.1 Å². The van der Waals surface area contributed by atoms with Crippen LogP contribution in [0.5, 0.6) is 0 Å². The summed E-state index contributed by atoms with van der Waals surface area (Å²) < 4.78 is 5.18. The minimum absolute atomic E-state index is 0.651. The predicted octanol–water partition coefficient (Wildman–Crippen LogP) is 1.80. The van der Waals surface area contributed by atoms with Gasteiger partial charge in [-0.2, -0.15) is 0 Å². The third kappa shape index (κ3) is 2.23. The van der Waals surface area contributed by atoms with Crippen LogP contribution in [0.25, 0.3) is 0 Å². The Hall–Kier alpha value is -0.0800. The Bertz CT molecular complexity index is 167. The predicted molar refractivity (Wildman–Crippen MR) is 53.7 cm³/mol. The molecule has 2 heteroatoms. The van der Waals surface area contributed by atoms with Gasteiger partial charge >= 0.3 is 0 Å². The molecule has 3 unspecified atom stereocenters. The first-order valence-corrected chi connectivity index (χ1v) is 5.59. The first-order chi connectivity index (χ1) is 6.25. The summed E-state index contributed by atoms with van der Waals surface area (Å²) in [4.78, 5) is 0. The normalized spacial score (nSPS) is 41.5. The van der Waals surface area contributed by atoms with Crippen LogP contribution in [0.4, 0.5) is 0 Å². The molecule has 1 aliphatic carbocycles. The van der Waals surface area contributed by atoms with Crippen molar-refractivity contribution >= 4 is 0 Å². The fraction of sp³-hybridized carbons (Fsp3) is 1.00. The largest absolute Gasteiger partial charge is 0.378 e. The maximum atomic E-state index is 5.18. The Morgan fingerprint density at radius 3 is 2.54 bits per heavy atom. The molecule has 0 radical (unpaired) electrons. The van der Waals surface area contributed by atoms with Crippen molar-refractivity contribution < 1.29 is 4.74 Å². The van der Waals surface area contributed by atoms with Crippen LogP contribution in [-0.4, -0.2) is 25.3 Å². The van der Waals surface area contributed by atoms with Gasteiger partial charge in [-0.3, -0.25) is 0 Å². The molecule has 0 aromatic heterocycles. The standard InChI is InChI=1S/C11H21NO/c1-8-3-4-9(2)11(5-8)12-10-6-13-7-10/h8-12H,3-7H2,1-2H3. The molecule has 1 heterocycles. The van der Waals surface area contributed by atoms with Crippen LogP contribution in [0.2, 0.25) is 0 Å². The number of rotatable bonds is 2. The van der Waals surface area contributed by atoms with Gasteiger partial charge in [-0.05, 0) is 24.7 Å². The van der Waals surface area contributed by atoms with Crippen LogP contribution in [0.1, 0.15) is 33.1 Å². The first kappa shape index (κ1) is 9.47. The zero-order valence-corrected chi connectivity index (χ0v) is 8.75. The van der Waals surface area contributed by atoms with Gasteiger partial charge in [0.05, 0.1) is 19.3 Å². The van der Waals surface area contributed by atoms with E-state index in [1.54, 1.807) is 0 Å². The highest BCUT2D eigenvalue weighted by Crippen LogP contribution is 2.28. The van der Waals surface area contributed by atoms with E-state index in [4.69, 9.17) is 4.74 Å². The molecule has 76 valence electrons. The fourth-order valence-electron chi connectivity index (χ4n) is 2.40. The molecular formula is C11H21NO. The SMILES string of the molecule is CC1CCC(C)C(NC2COC2)C1. The molecule has 0 bridgehead atoms. The highest BCUT2D eigenvalue weighted by Gasteiger charge is 2.29. The van der Waals surface area contributed by atoms with Crippen molar-refractivity contribution in [1.82, 2.24) is 5.32 Å². The maximum absolute atomic E-state index is 5.18. The molecule has 1 aliphatic heterocycles. The summed E-state index contributed by atoms with van der Waals surface area (Å²) in [6, 6.07) is 1.40. The van der Waals surface area contributed by atoms with Gasteiger partial charge in [0.25, 0.3) is 0 Å². The van der Waals surface area contributed by atoms with Crippen molar-refractivity contribution in [3.05, 3.63) is 0 Å². The van der Waals surface area contributed by atoms with Crippen LogP contribution in [0, 0.1) is 11.8 Å². The summed E-state index contributed by atoms with van der Waals surface area (Å²) in [5.41, 5.74) is 0. The summed E-state index contributed by atoms with van der Waals surface area (Å²) >= 11 is 0. The smallest absolute Gasteiger partial charge is 0.0643 e. The molecule has 2 fully saturated rings. The van der Waals surface area contributed by atoms with Crippen LogP contribution < -0.4 is 5.32 Å². The van der Waals surface area contributed by atoms with Gasteiger partial charge in [-0.15, -0.1) is 0 Å².